The van der Waals surface area contributed by atoms with Crippen molar-refractivity contribution in [1.29, 1.82) is 0 Å². The van der Waals surface area contributed by atoms with Gasteiger partial charge in [0.05, 0.1) is 12.5 Å². The van der Waals surface area contributed by atoms with Crippen LogP contribution in [0, 0.1) is 5.92 Å². The fraction of sp³-hybridized carbons (Fsp3) is 0.905. The van der Waals surface area contributed by atoms with E-state index >= 15 is 0 Å². The molecule has 3 saturated heterocycles. The fourth-order valence-electron chi connectivity index (χ4n) is 4.75. The zero-order valence-electron chi connectivity index (χ0n) is 18.1. The van der Waals surface area contributed by atoms with E-state index in [-0.39, 0.29) is 11.8 Å². The van der Waals surface area contributed by atoms with Crippen LogP contribution in [0.4, 0.5) is 0 Å². The first-order valence-corrected chi connectivity index (χ1v) is 11.2. The van der Waals surface area contributed by atoms with Crippen molar-refractivity contribution in [2.45, 2.75) is 38.6 Å². The molecule has 3 fully saturated rings. The predicted molar refractivity (Wildman–Crippen MR) is 111 cm³/mol. The third-order valence-electron chi connectivity index (χ3n) is 6.90. The zero-order chi connectivity index (χ0) is 20.1. The largest absolute Gasteiger partial charge is 0.341 e. The molecule has 0 spiro atoms. The van der Waals surface area contributed by atoms with Crippen molar-refractivity contribution in [3.63, 3.8) is 0 Å². The van der Waals surface area contributed by atoms with E-state index in [1.165, 1.54) is 0 Å². The molecule has 7 heteroatoms. The molecule has 0 aliphatic carbocycles. The van der Waals surface area contributed by atoms with Crippen molar-refractivity contribution >= 4 is 11.8 Å². The summed E-state index contributed by atoms with van der Waals surface area (Å²) in [5.41, 5.74) is 0. The first kappa shape index (κ1) is 21.5. The maximum absolute atomic E-state index is 13.0. The number of carbonyl (C=O) groups is 2. The van der Waals surface area contributed by atoms with Crippen molar-refractivity contribution in [3.05, 3.63) is 0 Å². The fourth-order valence-corrected chi connectivity index (χ4v) is 4.75. The van der Waals surface area contributed by atoms with E-state index in [1.54, 1.807) is 0 Å². The average molecular weight is 394 g/mol. The Labute approximate surface area is 170 Å². The van der Waals surface area contributed by atoms with Gasteiger partial charge >= 0.3 is 0 Å². The Morgan fingerprint density at radius 2 is 1.61 bits per heavy atom. The second-order valence-corrected chi connectivity index (χ2v) is 8.91. The summed E-state index contributed by atoms with van der Waals surface area (Å²) in [4.78, 5) is 36.4. The van der Waals surface area contributed by atoms with Crippen LogP contribution < -0.4 is 0 Å². The molecule has 1 unspecified atom stereocenters. The number of hydrogen-bond acceptors (Lipinski definition) is 5. The molecule has 0 aromatic rings. The maximum atomic E-state index is 13.0. The van der Waals surface area contributed by atoms with Gasteiger partial charge in [-0.25, -0.2) is 0 Å². The Hall–Kier alpha value is -1.18. The Balaban J connectivity index is 1.46. The second-order valence-electron chi connectivity index (χ2n) is 8.91. The number of carbonyl (C=O) groups excluding carboxylic acids is 2. The predicted octanol–water partition coefficient (Wildman–Crippen LogP) is 0.415. The molecule has 0 radical (unpaired) electrons. The summed E-state index contributed by atoms with van der Waals surface area (Å²) >= 11 is 0. The van der Waals surface area contributed by atoms with Gasteiger partial charge in [0, 0.05) is 51.9 Å². The van der Waals surface area contributed by atoms with Crippen molar-refractivity contribution < 1.29 is 9.59 Å². The monoisotopic (exact) mass is 393 g/mol. The van der Waals surface area contributed by atoms with E-state index in [4.69, 9.17) is 0 Å². The van der Waals surface area contributed by atoms with Gasteiger partial charge in [0.2, 0.25) is 11.8 Å². The normalized spacial score (nSPS) is 26.1. The van der Waals surface area contributed by atoms with Crippen molar-refractivity contribution in [2.24, 2.45) is 5.92 Å². The molecule has 1 atom stereocenters. The van der Waals surface area contributed by atoms with E-state index in [1.807, 2.05) is 11.9 Å². The summed E-state index contributed by atoms with van der Waals surface area (Å²) in [5, 5.41) is 0. The lowest BCUT2D eigenvalue weighted by Gasteiger charge is -2.43. The SMILES string of the molecule is CCN(C)CC(=O)N1CCC(N2CCCC(C(=O)N3CCN(C)CC3)C2)CC1. The van der Waals surface area contributed by atoms with Crippen LogP contribution in [0.2, 0.25) is 0 Å². The summed E-state index contributed by atoms with van der Waals surface area (Å²) in [5.74, 6) is 0.785. The number of piperazine rings is 1. The zero-order valence-corrected chi connectivity index (χ0v) is 18.1. The van der Waals surface area contributed by atoms with E-state index in [0.29, 0.717) is 18.5 Å². The van der Waals surface area contributed by atoms with Gasteiger partial charge in [-0.3, -0.25) is 19.4 Å². The molecule has 3 heterocycles. The highest BCUT2D eigenvalue weighted by atomic mass is 16.2. The molecule has 160 valence electrons. The lowest BCUT2D eigenvalue weighted by atomic mass is 9.92. The second kappa shape index (κ2) is 10.0. The van der Waals surface area contributed by atoms with Crippen LogP contribution >= 0.6 is 0 Å². The van der Waals surface area contributed by atoms with E-state index < -0.39 is 0 Å². The summed E-state index contributed by atoms with van der Waals surface area (Å²) < 4.78 is 0. The molecule has 2 amide bonds. The minimum Gasteiger partial charge on any atom is -0.341 e. The molecule has 0 aromatic carbocycles. The smallest absolute Gasteiger partial charge is 0.236 e. The lowest BCUT2D eigenvalue weighted by molar-refractivity contribution is -0.139. The van der Waals surface area contributed by atoms with Gasteiger partial charge in [-0.05, 0) is 52.9 Å². The highest BCUT2D eigenvalue weighted by molar-refractivity contribution is 5.79. The van der Waals surface area contributed by atoms with Gasteiger partial charge in [-0.1, -0.05) is 6.92 Å². The van der Waals surface area contributed by atoms with Gasteiger partial charge in [-0.2, -0.15) is 0 Å². The standard InChI is InChI=1S/C21H39N5O2/c1-4-22(2)17-20(27)24-10-7-19(8-11-24)26-9-5-6-18(16-26)21(28)25-14-12-23(3)13-15-25/h18-19H,4-17H2,1-3H3. The van der Waals surface area contributed by atoms with Crippen LogP contribution in [0.15, 0.2) is 0 Å². The Bertz CT molecular complexity index is 527. The van der Waals surface area contributed by atoms with E-state index in [9.17, 15) is 9.59 Å². The number of rotatable bonds is 5. The Morgan fingerprint density at radius 1 is 0.929 bits per heavy atom. The first-order chi connectivity index (χ1) is 13.5. The summed E-state index contributed by atoms with van der Waals surface area (Å²) in [6.07, 6.45) is 4.22. The highest BCUT2D eigenvalue weighted by Gasteiger charge is 2.34. The Kier molecular flexibility index (Phi) is 7.71. The van der Waals surface area contributed by atoms with Crippen LogP contribution in [0.5, 0.6) is 0 Å². The van der Waals surface area contributed by atoms with Crippen LogP contribution in [-0.4, -0.2) is 122 Å². The molecule has 0 aromatic heterocycles. The molecule has 0 saturated carbocycles. The van der Waals surface area contributed by atoms with Crippen LogP contribution in [0.1, 0.15) is 32.6 Å². The molecule has 3 aliphatic rings. The maximum Gasteiger partial charge on any atom is 0.236 e. The number of likely N-dealkylation sites (tertiary alicyclic amines) is 2. The summed E-state index contributed by atoms with van der Waals surface area (Å²) in [7, 11) is 4.12. The average Bonchev–Trinajstić information content (AvgIpc) is 2.74. The molecule has 7 nitrogen and oxygen atoms in total. The summed E-state index contributed by atoms with van der Waals surface area (Å²) in [6.45, 7) is 10.9. The van der Waals surface area contributed by atoms with Gasteiger partial charge in [0.25, 0.3) is 0 Å². The van der Waals surface area contributed by atoms with Crippen LogP contribution in [-0.2, 0) is 9.59 Å². The number of hydrogen-bond donors (Lipinski definition) is 0. The molecule has 28 heavy (non-hydrogen) atoms. The molecular weight excluding hydrogens is 354 g/mol. The third-order valence-corrected chi connectivity index (χ3v) is 6.90. The minimum atomic E-state index is 0.162. The van der Waals surface area contributed by atoms with Crippen LogP contribution in [0.25, 0.3) is 0 Å². The number of nitrogens with zero attached hydrogens (tertiary/aromatic N) is 5. The van der Waals surface area contributed by atoms with Crippen LogP contribution in [0.3, 0.4) is 0 Å². The van der Waals surface area contributed by atoms with Crippen molar-refractivity contribution in [2.75, 3.05) is 79.5 Å². The van der Waals surface area contributed by atoms with Gasteiger partial charge < -0.3 is 14.7 Å². The first-order valence-electron chi connectivity index (χ1n) is 11.2. The van der Waals surface area contributed by atoms with Gasteiger partial charge in [-0.15, -0.1) is 0 Å². The molecular formula is C21H39N5O2. The molecule has 3 rings (SSSR count). The number of piperidine rings is 2. The summed E-state index contributed by atoms with van der Waals surface area (Å²) in [6, 6.07) is 0.524. The minimum absolute atomic E-state index is 0.162. The third kappa shape index (κ3) is 5.45. The number of amides is 2. The Morgan fingerprint density at radius 3 is 2.25 bits per heavy atom. The van der Waals surface area contributed by atoms with Crippen molar-refractivity contribution in [3.8, 4) is 0 Å². The van der Waals surface area contributed by atoms with Gasteiger partial charge in [0.15, 0.2) is 0 Å². The van der Waals surface area contributed by atoms with Gasteiger partial charge in [0.1, 0.15) is 0 Å². The van der Waals surface area contributed by atoms with E-state index in [0.717, 1.165) is 84.6 Å². The highest BCUT2D eigenvalue weighted by Crippen LogP contribution is 2.25. The van der Waals surface area contributed by atoms with Crippen molar-refractivity contribution in [1.82, 2.24) is 24.5 Å². The number of likely N-dealkylation sites (N-methyl/N-ethyl adjacent to an activating group) is 2. The molecule has 3 aliphatic heterocycles. The topological polar surface area (TPSA) is 50.3 Å². The molecule has 0 N–H and O–H groups in total. The van der Waals surface area contributed by atoms with E-state index in [2.05, 4.69) is 33.6 Å². The lowest BCUT2D eigenvalue weighted by Crippen LogP contribution is -2.54. The quantitative estimate of drug-likeness (QED) is 0.677. The molecule has 0 bridgehead atoms.